The van der Waals surface area contributed by atoms with E-state index in [1.54, 1.807) is 55.8 Å². The Morgan fingerprint density at radius 2 is 1.94 bits per heavy atom. The SMILES string of the molecule is CC(C)(C)OC(=O)NCC(=O)Nc1ccnc(-c2cc(-c3ccon3)n(Cc3ccccc3F)n2)n1. The lowest BCUT2D eigenvalue weighted by Crippen LogP contribution is -2.37. The average Bonchev–Trinajstić information content (AvgIpc) is 3.48. The van der Waals surface area contributed by atoms with Crippen LogP contribution in [0.3, 0.4) is 0 Å². The van der Waals surface area contributed by atoms with Crippen molar-refractivity contribution in [2.45, 2.75) is 32.9 Å². The molecule has 0 unspecified atom stereocenters. The number of aromatic nitrogens is 5. The van der Waals surface area contributed by atoms with Crippen molar-refractivity contribution in [2.75, 3.05) is 11.9 Å². The van der Waals surface area contributed by atoms with Crippen LogP contribution in [0.15, 0.2) is 59.4 Å². The van der Waals surface area contributed by atoms with Gasteiger partial charge < -0.3 is 19.9 Å². The van der Waals surface area contributed by atoms with E-state index in [2.05, 4.69) is 30.9 Å². The van der Waals surface area contributed by atoms with Gasteiger partial charge in [0.25, 0.3) is 0 Å². The largest absolute Gasteiger partial charge is 0.444 e. The summed E-state index contributed by atoms with van der Waals surface area (Å²) in [4.78, 5) is 32.6. The van der Waals surface area contributed by atoms with Crippen LogP contribution in [0.25, 0.3) is 22.9 Å². The molecule has 0 fully saturated rings. The van der Waals surface area contributed by atoms with Gasteiger partial charge in [0.15, 0.2) is 5.82 Å². The maximum Gasteiger partial charge on any atom is 0.408 e. The van der Waals surface area contributed by atoms with E-state index in [0.29, 0.717) is 22.6 Å². The summed E-state index contributed by atoms with van der Waals surface area (Å²) in [7, 11) is 0. The normalized spacial score (nSPS) is 11.2. The van der Waals surface area contributed by atoms with Crippen molar-refractivity contribution >= 4 is 17.8 Å². The first-order valence-electron chi connectivity index (χ1n) is 11.0. The van der Waals surface area contributed by atoms with Crippen molar-refractivity contribution in [3.05, 3.63) is 66.3 Å². The van der Waals surface area contributed by atoms with Crippen LogP contribution in [0.4, 0.5) is 15.0 Å². The molecule has 0 atom stereocenters. The second-order valence-electron chi connectivity index (χ2n) is 8.72. The van der Waals surface area contributed by atoms with E-state index in [9.17, 15) is 14.0 Å². The predicted octanol–water partition coefficient (Wildman–Crippen LogP) is 3.65. The number of hydrogen-bond donors (Lipinski definition) is 2. The molecule has 0 spiro atoms. The van der Waals surface area contributed by atoms with Gasteiger partial charge in [-0.1, -0.05) is 23.4 Å². The van der Waals surface area contributed by atoms with Crippen LogP contribution in [-0.4, -0.2) is 49.1 Å². The molecule has 3 heterocycles. The molecule has 4 aromatic rings. The monoisotopic (exact) mass is 493 g/mol. The number of nitrogens with zero attached hydrogens (tertiary/aromatic N) is 5. The molecular weight excluding hydrogens is 469 g/mol. The molecule has 1 aromatic carbocycles. The third-order valence-corrected chi connectivity index (χ3v) is 4.70. The van der Waals surface area contributed by atoms with E-state index in [0.717, 1.165) is 0 Å². The number of carbonyl (C=O) groups is 2. The van der Waals surface area contributed by atoms with Gasteiger partial charge in [0, 0.05) is 17.8 Å². The van der Waals surface area contributed by atoms with Crippen LogP contribution in [0.1, 0.15) is 26.3 Å². The lowest BCUT2D eigenvalue weighted by atomic mass is 10.2. The highest BCUT2D eigenvalue weighted by atomic mass is 19.1. The zero-order valence-corrected chi connectivity index (χ0v) is 19.9. The number of anilines is 1. The Morgan fingerprint density at radius 3 is 2.67 bits per heavy atom. The number of ether oxygens (including phenoxy) is 1. The molecule has 0 saturated heterocycles. The standard InChI is InChI=1S/C24H24FN7O4/c1-24(2,3)36-23(34)27-13-21(33)28-20-8-10-26-22(29-20)18-12-19(17-9-11-35-31-17)32(30-18)14-15-6-4-5-7-16(15)25/h4-12H,13-14H2,1-3H3,(H,27,34)(H,26,28,29,33). The number of nitrogens with one attached hydrogen (secondary N) is 2. The molecule has 186 valence electrons. The van der Waals surface area contributed by atoms with E-state index >= 15 is 0 Å². The quantitative estimate of drug-likeness (QED) is 0.398. The lowest BCUT2D eigenvalue weighted by molar-refractivity contribution is -0.115. The molecule has 0 aliphatic rings. The second kappa shape index (κ2) is 10.3. The molecular formula is C24H24FN7O4. The van der Waals surface area contributed by atoms with Crippen molar-refractivity contribution in [2.24, 2.45) is 0 Å². The first-order chi connectivity index (χ1) is 17.2. The van der Waals surface area contributed by atoms with Crippen LogP contribution in [0, 0.1) is 5.82 Å². The third-order valence-electron chi connectivity index (χ3n) is 4.70. The van der Waals surface area contributed by atoms with Crippen LogP contribution in [-0.2, 0) is 16.1 Å². The van der Waals surface area contributed by atoms with Crippen molar-refractivity contribution in [1.29, 1.82) is 0 Å². The fourth-order valence-corrected chi connectivity index (χ4v) is 3.19. The number of alkyl carbamates (subject to hydrolysis) is 1. The highest BCUT2D eigenvalue weighted by molar-refractivity contribution is 5.93. The van der Waals surface area contributed by atoms with Crippen LogP contribution in [0.5, 0.6) is 0 Å². The molecule has 3 aromatic heterocycles. The Kier molecular flexibility index (Phi) is 7.04. The van der Waals surface area contributed by atoms with Crippen molar-refractivity contribution in [3.63, 3.8) is 0 Å². The van der Waals surface area contributed by atoms with Gasteiger partial charge in [-0.2, -0.15) is 5.10 Å². The van der Waals surface area contributed by atoms with Crippen molar-refractivity contribution in [1.82, 2.24) is 30.2 Å². The van der Waals surface area contributed by atoms with Crippen LogP contribution in [0.2, 0.25) is 0 Å². The molecule has 11 nitrogen and oxygen atoms in total. The minimum absolute atomic E-state index is 0.141. The van der Waals surface area contributed by atoms with E-state index in [1.165, 1.54) is 24.6 Å². The zero-order valence-electron chi connectivity index (χ0n) is 19.9. The number of halogens is 1. The highest BCUT2D eigenvalue weighted by Crippen LogP contribution is 2.25. The van der Waals surface area contributed by atoms with Gasteiger partial charge >= 0.3 is 6.09 Å². The summed E-state index contributed by atoms with van der Waals surface area (Å²) in [6, 6.07) is 11.3. The number of rotatable bonds is 7. The Bertz CT molecular complexity index is 1360. The molecule has 0 saturated carbocycles. The number of hydrogen-bond acceptors (Lipinski definition) is 8. The summed E-state index contributed by atoms with van der Waals surface area (Å²) in [5, 5.41) is 13.5. The summed E-state index contributed by atoms with van der Waals surface area (Å²) in [6.45, 7) is 5.01. The number of amides is 2. The second-order valence-corrected chi connectivity index (χ2v) is 8.72. The molecule has 2 amide bonds. The first kappa shape index (κ1) is 24.5. The molecule has 4 rings (SSSR count). The Balaban J connectivity index is 1.52. The maximum absolute atomic E-state index is 14.3. The zero-order chi connectivity index (χ0) is 25.7. The Hall–Kier alpha value is -4.61. The summed E-state index contributed by atoms with van der Waals surface area (Å²) in [5.41, 5.74) is 1.22. The van der Waals surface area contributed by atoms with Gasteiger partial charge in [0.05, 0.1) is 12.2 Å². The summed E-state index contributed by atoms with van der Waals surface area (Å²) in [5.74, 6) is -0.423. The molecule has 12 heteroatoms. The fraction of sp³-hybridized carbons (Fsp3) is 0.250. The minimum Gasteiger partial charge on any atom is -0.444 e. The van der Waals surface area contributed by atoms with Gasteiger partial charge in [-0.15, -0.1) is 0 Å². The van der Waals surface area contributed by atoms with Crippen molar-refractivity contribution in [3.8, 4) is 22.9 Å². The average molecular weight is 493 g/mol. The summed E-state index contributed by atoms with van der Waals surface area (Å²) < 4.78 is 25.9. The van der Waals surface area contributed by atoms with Gasteiger partial charge in [0.1, 0.15) is 41.4 Å². The van der Waals surface area contributed by atoms with E-state index in [4.69, 9.17) is 9.26 Å². The number of benzene rings is 1. The summed E-state index contributed by atoms with van der Waals surface area (Å²) >= 11 is 0. The molecule has 0 aliphatic carbocycles. The maximum atomic E-state index is 14.3. The highest BCUT2D eigenvalue weighted by Gasteiger charge is 2.19. The molecule has 0 radical (unpaired) electrons. The van der Waals surface area contributed by atoms with Crippen LogP contribution >= 0.6 is 0 Å². The topological polar surface area (TPSA) is 137 Å². The minimum atomic E-state index is -0.707. The number of carbonyl (C=O) groups excluding carboxylic acids is 2. The smallest absolute Gasteiger partial charge is 0.408 e. The molecule has 0 bridgehead atoms. The third kappa shape index (κ3) is 6.29. The van der Waals surface area contributed by atoms with E-state index < -0.39 is 17.6 Å². The van der Waals surface area contributed by atoms with Crippen molar-refractivity contribution < 1.29 is 23.2 Å². The van der Waals surface area contributed by atoms with Gasteiger partial charge in [-0.3, -0.25) is 9.48 Å². The summed E-state index contributed by atoms with van der Waals surface area (Å²) in [6.07, 6.45) is 2.18. The first-order valence-corrected chi connectivity index (χ1v) is 11.0. The molecule has 36 heavy (non-hydrogen) atoms. The molecule has 2 N–H and O–H groups in total. The van der Waals surface area contributed by atoms with Crippen LogP contribution < -0.4 is 10.6 Å². The fourth-order valence-electron chi connectivity index (χ4n) is 3.19. The van der Waals surface area contributed by atoms with E-state index in [-0.39, 0.29) is 30.5 Å². The van der Waals surface area contributed by atoms with Gasteiger partial charge in [-0.05, 0) is 39.0 Å². The Labute approximate surface area is 205 Å². The van der Waals surface area contributed by atoms with Gasteiger partial charge in [0.2, 0.25) is 5.91 Å². The Morgan fingerprint density at radius 1 is 1.14 bits per heavy atom. The predicted molar refractivity (Wildman–Crippen MR) is 127 cm³/mol. The lowest BCUT2D eigenvalue weighted by Gasteiger charge is -2.19. The van der Waals surface area contributed by atoms with E-state index in [1.807, 2.05) is 0 Å². The van der Waals surface area contributed by atoms with Gasteiger partial charge in [-0.25, -0.2) is 19.2 Å². The molecule has 0 aliphatic heterocycles.